The molecule has 37 heavy (non-hydrogen) atoms. The van der Waals surface area contributed by atoms with Gasteiger partial charge in [-0.25, -0.2) is 0 Å². The zero-order valence-corrected chi connectivity index (χ0v) is 22.5. The van der Waals surface area contributed by atoms with Gasteiger partial charge in [-0.1, -0.05) is 23.8 Å². The third-order valence-corrected chi connectivity index (χ3v) is 7.69. The van der Waals surface area contributed by atoms with Gasteiger partial charge in [0.2, 0.25) is 6.79 Å². The fraction of sp³-hybridized carbons (Fsp3) is 0.267. The highest BCUT2D eigenvalue weighted by Crippen LogP contribution is 2.46. The molecule has 0 saturated carbocycles. The van der Waals surface area contributed by atoms with Crippen molar-refractivity contribution in [3.8, 4) is 17.2 Å². The molecule has 0 amide bonds. The van der Waals surface area contributed by atoms with Gasteiger partial charge in [0.05, 0.1) is 23.5 Å². The Balaban J connectivity index is 1.53. The van der Waals surface area contributed by atoms with Crippen LogP contribution in [0.4, 0.5) is 5.69 Å². The standard InChI is InChI=1S/C30H30N4O2S/c1-17-12-18(2)28(19(3)13-17)33-20(4)14-23(21(33)5)29-27(24-8-6-7-11-31-24)32-30(37)34(29)22-9-10-25-26(15-22)36-16-35-25/h6-15,27,29H,16H2,1-5H3,(H,32,37). The molecule has 6 rings (SSSR count). The second kappa shape index (κ2) is 8.92. The minimum Gasteiger partial charge on any atom is -0.454 e. The summed E-state index contributed by atoms with van der Waals surface area (Å²) in [5.74, 6) is 1.49. The Morgan fingerprint density at radius 1 is 0.919 bits per heavy atom. The van der Waals surface area contributed by atoms with E-state index in [0.717, 1.165) is 22.9 Å². The lowest BCUT2D eigenvalue weighted by Crippen LogP contribution is -2.29. The highest BCUT2D eigenvalue weighted by Gasteiger charge is 2.42. The number of aromatic nitrogens is 2. The van der Waals surface area contributed by atoms with Crippen molar-refractivity contribution >= 4 is 23.0 Å². The maximum absolute atomic E-state index is 5.95. The minimum absolute atomic E-state index is 0.103. The number of thiocarbonyl (C=S) groups is 1. The van der Waals surface area contributed by atoms with E-state index in [1.165, 1.54) is 39.3 Å². The number of anilines is 1. The molecule has 1 fully saturated rings. The first-order valence-electron chi connectivity index (χ1n) is 12.5. The number of nitrogens with zero attached hydrogens (tertiary/aromatic N) is 3. The molecule has 2 unspecified atom stereocenters. The molecule has 0 aliphatic carbocycles. The number of rotatable bonds is 4. The lowest BCUT2D eigenvalue weighted by Gasteiger charge is -2.28. The van der Waals surface area contributed by atoms with Gasteiger partial charge >= 0.3 is 0 Å². The van der Waals surface area contributed by atoms with E-state index in [-0.39, 0.29) is 18.9 Å². The number of pyridine rings is 1. The zero-order chi connectivity index (χ0) is 25.8. The fourth-order valence-electron chi connectivity index (χ4n) is 5.94. The largest absolute Gasteiger partial charge is 0.454 e. The highest BCUT2D eigenvalue weighted by atomic mass is 32.1. The molecule has 4 heterocycles. The molecule has 0 spiro atoms. The van der Waals surface area contributed by atoms with E-state index in [0.29, 0.717) is 5.11 Å². The summed E-state index contributed by atoms with van der Waals surface area (Å²) in [5.41, 5.74) is 10.5. The summed E-state index contributed by atoms with van der Waals surface area (Å²) in [4.78, 5) is 6.90. The molecule has 2 atom stereocenters. The summed E-state index contributed by atoms with van der Waals surface area (Å²) in [6.07, 6.45) is 1.84. The maximum atomic E-state index is 5.95. The van der Waals surface area contributed by atoms with Crippen molar-refractivity contribution in [3.05, 3.63) is 100 Å². The first kappa shape index (κ1) is 23.6. The number of benzene rings is 2. The Morgan fingerprint density at radius 3 is 2.41 bits per heavy atom. The molecule has 2 aromatic carbocycles. The number of hydrogen-bond donors (Lipinski definition) is 1. The Bertz CT molecular complexity index is 1510. The number of aryl methyl sites for hydroxylation is 4. The average Bonchev–Trinajstić information content (AvgIpc) is 3.55. The summed E-state index contributed by atoms with van der Waals surface area (Å²) < 4.78 is 13.6. The van der Waals surface area contributed by atoms with Crippen LogP contribution in [-0.4, -0.2) is 21.5 Å². The second-order valence-electron chi connectivity index (χ2n) is 9.94. The van der Waals surface area contributed by atoms with Crippen LogP contribution in [0.1, 0.15) is 51.4 Å². The summed E-state index contributed by atoms with van der Waals surface area (Å²) >= 11 is 5.95. The smallest absolute Gasteiger partial charge is 0.231 e. The van der Waals surface area contributed by atoms with Gasteiger partial charge in [0.25, 0.3) is 0 Å². The number of hydrogen-bond acceptors (Lipinski definition) is 4. The Hall–Kier alpha value is -3.84. The van der Waals surface area contributed by atoms with Crippen molar-refractivity contribution in [2.45, 2.75) is 46.7 Å². The number of nitrogens with one attached hydrogen (secondary N) is 1. The van der Waals surface area contributed by atoms with Crippen LogP contribution in [0.25, 0.3) is 5.69 Å². The lowest BCUT2D eigenvalue weighted by atomic mass is 9.96. The van der Waals surface area contributed by atoms with E-state index in [4.69, 9.17) is 26.7 Å². The van der Waals surface area contributed by atoms with Crippen molar-refractivity contribution < 1.29 is 9.47 Å². The Labute approximate surface area is 222 Å². The zero-order valence-electron chi connectivity index (χ0n) is 21.7. The van der Waals surface area contributed by atoms with E-state index in [1.54, 1.807) is 0 Å². The molecule has 2 aromatic heterocycles. The Morgan fingerprint density at radius 2 is 1.68 bits per heavy atom. The van der Waals surface area contributed by atoms with E-state index >= 15 is 0 Å². The summed E-state index contributed by atoms with van der Waals surface area (Å²) in [6.45, 7) is 11.1. The molecular weight excluding hydrogens is 480 g/mol. The molecule has 6 nitrogen and oxygen atoms in total. The topological polar surface area (TPSA) is 51.6 Å². The van der Waals surface area contributed by atoms with E-state index in [9.17, 15) is 0 Å². The quantitative estimate of drug-likeness (QED) is 0.324. The van der Waals surface area contributed by atoms with Gasteiger partial charge in [0, 0.05) is 29.3 Å². The fourth-order valence-corrected chi connectivity index (χ4v) is 6.29. The van der Waals surface area contributed by atoms with Crippen LogP contribution in [0.15, 0.2) is 60.8 Å². The van der Waals surface area contributed by atoms with Crippen LogP contribution in [0.3, 0.4) is 0 Å². The van der Waals surface area contributed by atoms with Gasteiger partial charge in [-0.15, -0.1) is 0 Å². The molecule has 0 radical (unpaired) electrons. The first-order chi connectivity index (χ1) is 17.8. The van der Waals surface area contributed by atoms with Crippen LogP contribution in [0.2, 0.25) is 0 Å². The third kappa shape index (κ3) is 3.85. The molecule has 2 aliphatic rings. The monoisotopic (exact) mass is 510 g/mol. The average molecular weight is 511 g/mol. The van der Waals surface area contributed by atoms with Gasteiger partial charge in [0.15, 0.2) is 16.6 Å². The normalized spacial score (nSPS) is 18.4. The molecule has 1 N–H and O–H groups in total. The predicted octanol–water partition coefficient (Wildman–Crippen LogP) is 6.32. The van der Waals surface area contributed by atoms with Gasteiger partial charge in [-0.05, 0) is 93.9 Å². The van der Waals surface area contributed by atoms with Crippen LogP contribution >= 0.6 is 12.2 Å². The van der Waals surface area contributed by atoms with Gasteiger partial charge in [0.1, 0.15) is 0 Å². The molecule has 1 saturated heterocycles. The molecule has 7 heteroatoms. The summed E-state index contributed by atoms with van der Waals surface area (Å²) in [7, 11) is 0. The number of ether oxygens (including phenoxy) is 2. The summed E-state index contributed by atoms with van der Waals surface area (Å²) in [6, 6.07) is 18.6. The second-order valence-corrected chi connectivity index (χ2v) is 10.3. The molecular formula is C30H30N4O2S. The van der Waals surface area contributed by atoms with Crippen molar-refractivity contribution in [2.24, 2.45) is 0 Å². The van der Waals surface area contributed by atoms with Crippen molar-refractivity contribution in [3.63, 3.8) is 0 Å². The van der Waals surface area contributed by atoms with E-state index < -0.39 is 0 Å². The van der Waals surface area contributed by atoms with E-state index in [1.807, 2.05) is 36.5 Å². The maximum Gasteiger partial charge on any atom is 0.231 e. The molecule has 2 aliphatic heterocycles. The van der Waals surface area contributed by atoms with Crippen LogP contribution in [-0.2, 0) is 0 Å². The van der Waals surface area contributed by atoms with Crippen molar-refractivity contribution in [1.29, 1.82) is 0 Å². The highest BCUT2D eigenvalue weighted by molar-refractivity contribution is 7.80. The Kier molecular flexibility index (Phi) is 5.68. The van der Waals surface area contributed by atoms with Gasteiger partial charge < -0.3 is 24.3 Å². The summed E-state index contributed by atoms with van der Waals surface area (Å²) in [5, 5.41) is 4.23. The third-order valence-electron chi connectivity index (χ3n) is 7.38. The SMILES string of the molecule is Cc1cc(C)c(-n2c(C)cc(C3C(c4ccccn4)NC(=S)N3c3ccc4c(c3)OCO4)c2C)c(C)c1. The van der Waals surface area contributed by atoms with Crippen LogP contribution < -0.4 is 19.7 Å². The lowest BCUT2D eigenvalue weighted by molar-refractivity contribution is 0.174. The van der Waals surface area contributed by atoms with Crippen molar-refractivity contribution in [2.75, 3.05) is 11.7 Å². The van der Waals surface area contributed by atoms with E-state index in [2.05, 4.69) is 73.7 Å². The predicted molar refractivity (Wildman–Crippen MR) is 150 cm³/mol. The molecule has 0 bridgehead atoms. The van der Waals surface area contributed by atoms with Crippen LogP contribution in [0, 0.1) is 34.6 Å². The van der Waals surface area contributed by atoms with Crippen molar-refractivity contribution in [1.82, 2.24) is 14.9 Å². The first-order valence-corrected chi connectivity index (χ1v) is 12.9. The molecule has 4 aromatic rings. The van der Waals surface area contributed by atoms with Crippen LogP contribution in [0.5, 0.6) is 11.5 Å². The number of fused-ring (bicyclic) bond motifs is 1. The minimum atomic E-state index is -0.117. The van der Waals surface area contributed by atoms with Gasteiger partial charge in [-0.3, -0.25) is 4.98 Å². The molecule has 188 valence electrons. The van der Waals surface area contributed by atoms with Gasteiger partial charge in [-0.2, -0.15) is 0 Å².